The van der Waals surface area contributed by atoms with Crippen LogP contribution < -0.4 is 0 Å². The standard InChI is InChI=1S/C43H34/c1-29-13-5-6-16-33(29)36-27-28-41(35-18-8-7-17-34(35)36)43-39-21-11-9-19-37(39)42(38-20-10-12-22-40(38)43)32-25-23-31(24-26-32)30-14-3-2-4-15-30/h2-7,9-17,19-29,33H,8,18H2,1H3. The summed E-state index contributed by atoms with van der Waals surface area (Å²) in [7, 11) is 0. The van der Waals surface area contributed by atoms with Crippen molar-refractivity contribution in [1.82, 2.24) is 0 Å². The summed E-state index contributed by atoms with van der Waals surface area (Å²) in [4.78, 5) is 0. The Balaban J connectivity index is 1.36. The smallest absolute Gasteiger partial charge is 0.00874 e. The van der Waals surface area contributed by atoms with Gasteiger partial charge in [0.2, 0.25) is 0 Å². The molecule has 0 heteroatoms. The first-order valence-corrected chi connectivity index (χ1v) is 15.5. The molecule has 0 saturated carbocycles. The quantitative estimate of drug-likeness (QED) is 0.192. The molecule has 6 aromatic carbocycles. The molecule has 0 nitrogen and oxygen atoms in total. The van der Waals surface area contributed by atoms with Crippen LogP contribution in [0.4, 0.5) is 0 Å². The van der Waals surface area contributed by atoms with Crippen molar-refractivity contribution in [3.63, 3.8) is 0 Å². The maximum absolute atomic E-state index is 2.43. The van der Waals surface area contributed by atoms with Crippen LogP contribution in [0, 0.1) is 5.92 Å². The van der Waals surface area contributed by atoms with Gasteiger partial charge in [0, 0.05) is 5.92 Å². The monoisotopic (exact) mass is 550 g/mol. The average molecular weight is 551 g/mol. The largest absolute Gasteiger partial charge is 0.0836 e. The van der Waals surface area contributed by atoms with Gasteiger partial charge in [-0.05, 0) is 90.4 Å². The first kappa shape index (κ1) is 25.7. The van der Waals surface area contributed by atoms with E-state index in [0.29, 0.717) is 11.8 Å². The third-order valence-corrected chi connectivity index (χ3v) is 9.49. The normalized spacial score (nSPS) is 17.4. The van der Waals surface area contributed by atoms with E-state index in [2.05, 4.69) is 159 Å². The number of fused-ring (bicyclic) bond motifs is 3. The van der Waals surface area contributed by atoms with Gasteiger partial charge in [0.15, 0.2) is 0 Å². The Kier molecular flexibility index (Phi) is 6.42. The topological polar surface area (TPSA) is 0 Å². The Hall–Kier alpha value is -4.94. The van der Waals surface area contributed by atoms with Crippen molar-refractivity contribution < 1.29 is 0 Å². The third kappa shape index (κ3) is 4.37. The number of hydrogen-bond acceptors (Lipinski definition) is 0. The van der Waals surface area contributed by atoms with Gasteiger partial charge in [-0.15, -0.1) is 0 Å². The van der Waals surface area contributed by atoms with Gasteiger partial charge in [0.25, 0.3) is 0 Å². The summed E-state index contributed by atoms with van der Waals surface area (Å²) in [6.07, 6.45) is 16.0. The molecule has 43 heavy (non-hydrogen) atoms. The minimum atomic E-state index is 0.408. The Labute approximate surface area is 254 Å². The first-order valence-electron chi connectivity index (χ1n) is 15.5. The summed E-state index contributed by atoms with van der Waals surface area (Å²) >= 11 is 0. The SMILES string of the molecule is CC1C=CC=CC1c1ccc(-c2c3ccccc3c(-c3ccc(-c4ccccc4)cc3)c3ccccc23)c2c1C=CCC2. The lowest BCUT2D eigenvalue weighted by atomic mass is 9.76. The molecular formula is C43H34. The number of allylic oxidation sites excluding steroid dienone is 5. The lowest BCUT2D eigenvalue weighted by Gasteiger charge is -2.28. The fraction of sp³-hybridized carbons (Fsp3) is 0.116. The van der Waals surface area contributed by atoms with E-state index in [4.69, 9.17) is 0 Å². The summed E-state index contributed by atoms with van der Waals surface area (Å²) in [5.41, 5.74) is 12.2. The highest BCUT2D eigenvalue weighted by molar-refractivity contribution is 6.21. The highest BCUT2D eigenvalue weighted by Crippen LogP contribution is 2.47. The van der Waals surface area contributed by atoms with Gasteiger partial charge in [-0.1, -0.05) is 159 Å². The Morgan fingerprint density at radius 3 is 1.79 bits per heavy atom. The molecule has 0 bridgehead atoms. The number of benzene rings is 6. The van der Waals surface area contributed by atoms with E-state index < -0.39 is 0 Å². The third-order valence-electron chi connectivity index (χ3n) is 9.49. The van der Waals surface area contributed by atoms with Crippen molar-refractivity contribution in [1.29, 1.82) is 0 Å². The van der Waals surface area contributed by atoms with Crippen LogP contribution in [0.15, 0.2) is 146 Å². The molecule has 0 fully saturated rings. The Morgan fingerprint density at radius 2 is 1.12 bits per heavy atom. The van der Waals surface area contributed by atoms with Gasteiger partial charge >= 0.3 is 0 Å². The predicted octanol–water partition coefficient (Wildman–Crippen LogP) is 11.8. The maximum atomic E-state index is 2.43. The van der Waals surface area contributed by atoms with Crippen molar-refractivity contribution in [2.75, 3.05) is 0 Å². The van der Waals surface area contributed by atoms with Crippen LogP contribution in [-0.2, 0) is 6.42 Å². The molecule has 8 rings (SSSR count). The molecular weight excluding hydrogens is 516 g/mol. The van der Waals surface area contributed by atoms with Crippen molar-refractivity contribution in [2.24, 2.45) is 5.92 Å². The molecule has 2 aliphatic rings. The van der Waals surface area contributed by atoms with Crippen molar-refractivity contribution >= 4 is 27.6 Å². The second kappa shape index (κ2) is 10.7. The van der Waals surface area contributed by atoms with E-state index in [9.17, 15) is 0 Å². The second-order valence-corrected chi connectivity index (χ2v) is 12.0. The lowest BCUT2D eigenvalue weighted by Crippen LogP contribution is -2.12. The summed E-state index contributed by atoms with van der Waals surface area (Å²) in [5, 5.41) is 5.26. The van der Waals surface area contributed by atoms with Gasteiger partial charge in [0.05, 0.1) is 0 Å². The zero-order chi connectivity index (χ0) is 28.8. The van der Waals surface area contributed by atoms with Crippen LogP contribution in [0.1, 0.15) is 36.0 Å². The van der Waals surface area contributed by atoms with E-state index in [1.54, 1.807) is 0 Å². The molecule has 206 valence electrons. The number of rotatable bonds is 4. The van der Waals surface area contributed by atoms with Crippen molar-refractivity contribution in [2.45, 2.75) is 25.7 Å². The fourth-order valence-corrected chi connectivity index (χ4v) is 7.40. The van der Waals surface area contributed by atoms with Crippen LogP contribution in [0.3, 0.4) is 0 Å². The molecule has 0 heterocycles. The molecule has 0 spiro atoms. The lowest BCUT2D eigenvalue weighted by molar-refractivity contribution is 0.633. The van der Waals surface area contributed by atoms with Gasteiger partial charge in [-0.3, -0.25) is 0 Å². The molecule has 0 amide bonds. The molecule has 2 aliphatic carbocycles. The van der Waals surface area contributed by atoms with Crippen LogP contribution >= 0.6 is 0 Å². The molecule has 0 aliphatic heterocycles. The summed E-state index contributed by atoms with van der Waals surface area (Å²) in [6.45, 7) is 2.34. The van der Waals surface area contributed by atoms with E-state index in [-0.39, 0.29) is 0 Å². The van der Waals surface area contributed by atoms with Gasteiger partial charge < -0.3 is 0 Å². The molecule has 0 saturated heterocycles. The van der Waals surface area contributed by atoms with Crippen molar-refractivity contribution in [3.8, 4) is 33.4 Å². The zero-order valence-electron chi connectivity index (χ0n) is 24.5. The first-order chi connectivity index (χ1) is 21.3. The van der Waals surface area contributed by atoms with Crippen LogP contribution in [-0.4, -0.2) is 0 Å². The molecule has 2 unspecified atom stereocenters. The van der Waals surface area contributed by atoms with E-state index >= 15 is 0 Å². The summed E-state index contributed by atoms with van der Waals surface area (Å²) < 4.78 is 0. The molecule has 0 radical (unpaired) electrons. The highest BCUT2D eigenvalue weighted by atomic mass is 14.3. The van der Waals surface area contributed by atoms with E-state index in [1.807, 2.05) is 0 Å². The van der Waals surface area contributed by atoms with E-state index in [1.165, 1.54) is 71.6 Å². The number of hydrogen-bond donors (Lipinski definition) is 0. The van der Waals surface area contributed by atoms with Crippen LogP contribution in [0.25, 0.3) is 61.0 Å². The second-order valence-electron chi connectivity index (χ2n) is 12.0. The van der Waals surface area contributed by atoms with Gasteiger partial charge in [0.1, 0.15) is 0 Å². The van der Waals surface area contributed by atoms with Gasteiger partial charge in [-0.25, -0.2) is 0 Å². The molecule has 6 aromatic rings. The fourth-order valence-electron chi connectivity index (χ4n) is 7.40. The maximum Gasteiger partial charge on any atom is 0.00874 e. The van der Waals surface area contributed by atoms with Crippen LogP contribution in [0.5, 0.6) is 0 Å². The molecule has 0 aromatic heterocycles. The summed E-state index contributed by atoms with van der Waals surface area (Å²) in [5.74, 6) is 0.898. The van der Waals surface area contributed by atoms with Crippen molar-refractivity contribution in [3.05, 3.63) is 162 Å². The predicted molar refractivity (Wildman–Crippen MR) is 185 cm³/mol. The average Bonchev–Trinajstić information content (AvgIpc) is 3.08. The molecule has 2 atom stereocenters. The summed E-state index contributed by atoms with van der Waals surface area (Å²) in [6, 6.07) is 42.7. The zero-order valence-corrected chi connectivity index (χ0v) is 24.5. The molecule has 0 N–H and O–H groups in total. The minimum Gasteiger partial charge on any atom is -0.0836 e. The van der Waals surface area contributed by atoms with Crippen LogP contribution in [0.2, 0.25) is 0 Å². The highest BCUT2D eigenvalue weighted by Gasteiger charge is 2.25. The Bertz CT molecular complexity index is 2010. The van der Waals surface area contributed by atoms with Gasteiger partial charge in [-0.2, -0.15) is 0 Å². The van der Waals surface area contributed by atoms with E-state index in [0.717, 1.165) is 12.8 Å². The minimum absolute atomic E-state index is 0.408. The Morgan fingerprint density at radius 1 is 0.535 bits per heavy atom.